The Hall–Kier alpha value is -1.88. The minimum Gasteiger partial charge on any atom is -0.478 e. The molecule has 5 nitrogen and oxygen atoms in total. The van der Waals surface area contributed by atoms with Gasteiger partial charge >= 0.3 is 5.97 Å². The first-order chi connectivity index (χ1) is 10.1. The van der Waals surface area contributed by atoms with Crippen molar-refractivity contribution in [2.24, 2.45) is 0 Å². The average molecular weight is 290 g/mol. The molecule has 21 heavy (non-hydrogen) atoms. The van der Waals surface area contributed by atoms with Gasteiger partial charge in [0.2, 0.25) is 0 Å². The molecule has 0 aliphatic carbocycles. The lowest BCUT2D eigenvalue weighted by Gasteiger charge is -2.11. The van der Waals surface area contributed by atoms with Gasteiger partial charge in [0.05, 0.1) is 11.1 Å². The van der Waals surface area contributed by atoms with Gasteiger partial charge in [0.1, 0.15) is 11.3 Å². The molecule has 5 heteroatoms. The quantitative estimate of drug-likeness (QED) is 0.795. The van der Waals surface area contributed by atoms with Gasteiger partial charge in [-0.25, -0.2) is 9.78 Å². The molecule has 1 N–H and O–H groups in total. The highest BCUT2D eigenvalue weighted by molar-refractivity contribution is 6.01. The highest BCUT2D eigenvalue weighted by Crippen LogP contribution is 2.25. The van der Waals surface area contributed by atoms with Crippen molar-refractivity contribution in [3.63, 3.8) is 0 Å². The molecule has 0 radical (unpaired) electrons. The fourth-order valence-electron chi connectivity index (χ4n) is 2.48. The standard InChI is InChI=1S/C16H22N2O3/c1-4-21-10-6-9-18-13-8-5-7-12(16(19)20)14(13)17-15(18)11(2)3/h5,7-8,11H,4,6,9-10H2,1-3H3,(H,19,20). The minimum atomic E-state index is -0.935. The molecule has 0 bridgehead atoms. The number of aryl methyl sites for hydroxylation is 1. The molecule has 114 valence electrons. The number of fused-ring (bicyclic) bond motifs is 1. The van der Waals surface area contributed by atoms with Crippen LogP contribution >= 0.6 is 0 Å². The van der Waals surface area contributed by atoms with Gasteiger partial charge in [-0.1, -0.05) is 19.9 Å². The SMILES string of the molecule is CCOCCCn1c(C(C)C)nc2c(C(=O)O)cccc21. The van der Waals surface area contributed by atoms with Crippen molar-refractivity contribution in [1.29, 1.82) is 0 Å². The number of aromatic nitrogens is 2. The Morgan fingerprint density at radius 3 is 2.81 bits per heavy atom. The van der Waals surface area contributed by atoms with Crippen LogP contribution < -0.4 is 0 Å². The number of rotatable bonds is 7. The predicted molar refractivity (Wildman–Crippen MR) is 81.9 cm³/mol. The number of carboxylic acid groups (broad SMARTS) is 1. The number of hydrogen-bond donors (Lipinski definition) is 1. The van der Waals surface area contributed by atoms with Crippen LogP contribution in [-0.2, 0) is 11.3 Å². The molecular weight excluding hydrogens is 268 g/mol. The van der Waals surface area contributed by atoms with Gasteiger partial charge in [-0.2, -0.15) is 0 Å². The highest BCUT2D eigenvalue weighted by Gasteiger charge is 2.18. The first-order valence-corrected chi connectivity index (χ1v) is 7.36. The molecule has 1 heterocycles. The lowest BCUT2D eigenvalue weighted by Crippen LogP contribution is -2.08. The highest BCUT2D eigenvalue weighted by atomic mass is 16.5. The van der Waals surface area contributed by atoms with E-state index in [1.165, 1.54) is 0 Å². The normalized spacial score (nSPS) is 11.4. The number of aromatic carboxylic acids is 1. The van der Waals surface area contributed by atoms with Gasteiger partial charge in [0.15, 0.2) is 0 Å². The van der Waals surface area contributed by atoms with Gasteiger partial charge in [-0.3, -0.25) is 0 Å². The van der Waals surface area contributed by atoms with E-state index in [0.717, 1.165) is 24.3 Å². The van der Waals surface area contributed by atoms with E-state index in [4.69, 9.17) is 4.74 Å². The molecule has 0 fully saturated rings. The van der Waals surface area contributed by atoms with Gasteiger partial charge in [0.25, 0.3) is 0 Å². The van der Waals surface area contributed by atoms with Crippen molar-refractivity contribution in [2.75, 3.05) is 13.2 Å². The lowest BCUT2D eigenvalue weighted by atomic mass is 10.2. The smallest absolute Gasteiger partial charge is 0.337 e. The van der Waals surface area contributed by atoms with E-state index in [2.05, 4.69) is 23.4 Å². The summed E-state index contributed by atoms with van der Waals surface area (Å²) in [5.74, 6) is 0.233. The van der Waals surface area contributed by atoms with Crippen LogP contribution in [0.2, 0.25) is 0 Å². The summed E-state index contributed by atoms with van der Waals surface area (Å²) in [7, 11) is 0. The second-order valence-corrected chi connectivity index (χ2v) is 5.31. The van der Waals surface area contributed by atoms with E-state index in [9.17, 15) is 9.90 Å². The van der Waals surface area contributed by atoms with Gasteiger partial charge in [-0.15, -0.1) is 0 Å². The summed E-state index contributed by atoms with van der Waals surface area (Å²) in [6, 6.07) is 5.31. The third-order valence-corrected chi connectivity index (χ3v) is 3.43. The van der Waals surface area contributed by atoms with E-state index in [1.807, 2.05) is 13.0 Å². The Bertz CT molecular complexity index is 632. The minimum absolute atomic E-state index is 0.242. The monoisotopic (exact) mass is 290 g/mol. The number of nitrogens with zero attached hydrogens (tertiary/aromatic N) is 2. The Labute approximate surface area is 124 Å². The first-order valence-electron chi connectivity index (χ1n) is 7.36. The zero-order valence-electron chi connectivity index (χ0n) is 12.8. The summed E-state index contributed by atoms with van der Waals surface area (Å²) in [5, 5.41) is 9.30. The fraction of sp³-hybridized carbons (Fsp3) is 0.500. The molecule has 0 atom stereocenters. The molecule has 0 unspecified atom stereocenters. The van der Waals surface area contributed by atoms with E-state index in [-0.39, 0.29) is 11.5 Å². The Morgan fingerprint density at radius 1 is 1.43 bits per heavy atom. The third-order valence-electron chi connectivity index (χ3n) is 3.43. The molecule has 0 amide bonds. The van der Waals surface area contributed by atoms with E-state index in [0.29, 0.717) is 18.7 Å². The molecule has 0 saturated heterocycles. The summed E-state index contributed by atoms with van der Waals surface area (Å²) in [6.07, 6.45) is 0.885. The molecule has 2 rings (SSSR count). The Morgan fingerprint density at radius 2 is 2.19 bits per heavy atom. The number of carbonyl (C=O) groups is 1. The molecule has 2 aromatic rings. The maximum absolute atomic E-state index is 11.3. The number of ether oxygens (including phenoxy) is 1. The first kappa shape index (κ1) is 15.5. The number of para-hydroxylation sites is 1. The van der Waals surface area contributed by atoms with Crippen molar-refractivity contribution < 1.29 is 14.6 Å². The molecule has 0 aliphatic heterocycles. The van der Waals surface area contributed by atoms with Crippen LogP contribution in [0.4, 0.5) is 0 Å². The van der Waals surface area contributed by atoms with E-state index < -0.39 is 5.97 Å². The summed E-state index contributed by atoms with van der Waals surface area (Å²) in [5.41, 5.74) is 1.72. The second-order valence-electron chi connectivity index (χ2n) is 5.31. The molecular formula is C16H22N2O3. The summed E-state index contributed by atoms with van der Waals surface area (Å²) >= 11 is 0. The topological polar surface area (TPSA) is 64.4 Å². The van der Waals surface area contributed by atoms with Crippen molar-refractivity contribution in [1.82, 2.24) is 9.55 Å². The van der Waals surface area contributed by atoms with E-state index >= 15 is 0 Å². The zero-order valence-corrected chi connectivity index (χ0v) is 12.8. The van der Waals surface area contributed by atoms with Crippen LogP contribution in [0.1, 0.15) is 49.3 Å². The van der Waals surface area contributed by atoms with Crippen molar-refractivity contribution in [3.8, 4) is 0 Å². The zero-order chi connectivity index (χ0) is 15.4. The summed E-state index contributed by atoms with van der Waals surface area (Å²) in [6.45, 7) is 8.32. The number of carboxylic acids is 1. The summed E-state index contributed by atoms with van der Waals surface area (Å²) in [4.78, 5) is 15.9. The van der Waals surface area contributed by atoms with Crippen molar-refractivity contribution in [2.45, 2.75) is 39.7 Å². The second kappa shape index (κ2) is 6.72. The molecule has 1 aromatic heterocycles. The van der Waals surface area contributed by atoms with Gasteiger partial charge in [0, 0.05) is 25.7 Å². The van der Waals surface area contributed by atoms with Crippen molar-refractivity contribution in [3.05, 3.63) is 29.6 Å². The van der Waals surface area contributed by atoms with Crippen LogP contribution in [0.3, 0.4) is 0 Å². The Balaban J connectivity index is 2.43. The average Bonchev–Trinajstić information content (AvgIpc) is 2.82. The molecule has 1 aromatic carbocycles. The van der Waals surface area contributed by atoms with Gasteiger partial charge in [-0.05, 0) is 25.5 Å². The van der Waals surface area contributed by atoms with Crippen LogP contribution in [-0.4, -0.2) is 33.8 Å². The van der Waals surface area contributed by atoms with Gasteiger partial charge < -0.3 is 14.4 Å². The van der Waals surface area contributed by atoms with Crippen molar-refractivity contribution >= 4 is 17.0 Å². The van der Waals surface area contributed by atoms with Crippen LogP contribution in [0, 0.1) is 0 Å². The van der Waals surface area contributed by atoms with Crippen LogP contribution in [0.25, 0.3) is 11.0 Å². The maximum Gasteiger partial charge on any atom is 0.337 e. The molecule has 0 saturated carbocycles. The predicted octanol–water partition coefficient (Wildman–Crippen LogP) is 3.28. The molecule has 0 aliphatic rings. The maximum atomic E-state index is 11.3. The lowest BCUT2D eigenvalue weighted by molar-refractivity contribution is 0.0699. The Kier molecular flexibility index (Phi) is 4.96. The van der Waals surface area contributed by atoms with E-state index in [1.54, 1.807) is 12.1 Å². The number of benzene rings is 1. The number of hydrogen-bond acceptors (Lipinski definition) is 3. The molecule has 0 spiro atoms. The summed E-state index contributed by atoms with van der Waals surface area (Å²) < 4.78 is 7.49. The fourth-order valence-corrected chi connectivity index (χ4v) is 2.48. The van der Waals surface area contributed by atoms with Crippen LogP contribution in [0.5, 0.6) is 0 Å². The number of imidazole rings is 1. The van der Waals surface area contributed by atoms with Crippen LogP contribution in [0.15, 0.2) is 18.2 Å². The third kappa shape index (κ3) is 3.24. The largest absolute Gasteiger partial charge is 0.478 e.